The Morgan fingerprint density at radius 2 is 1.79 bits per heavy atom. The Bertz CT molecular complexity index is 797. The molecular formula is C20H24Br2ClN3O3. The lowest BCUT2D eigenvalue weighted by Crippen LogP contribution is -2.33. The number of hydrogen-bond acceptors (Lipinski definition) is 5. The summed E-state index contributed by atoms with van der Waals surface area (Å²) in [5.41, 5.74) is 7.46. The number of benzene rings is 2. The molecule has 0 aliphatic heterocycles. The van der Waals surface area contributed by atoms with Gasteiger partial charge < -0.3 is 21.0 Å². The lowest BCUT2D eigenvalue weighted by atomic mass is 10.1. The maximum atomic E-state index is 12.3. The van der Waals surface area contributed by atoms with E-state index in [0.717, 1.165) is 26.5 Å². The Balaban J connectivity index is 0.00000420. The third-order valence-corrected chi connectivity index (χ3v) is 5.13. The Hall–Kier alpha value is -1.61. The number of nitrogens with one attached hydrogen (secondary N) is 1. The van der Waals surface area contributed by atoms with Gasteiger partial charge in [-0.25, -0.2) is 0 Å². The van der Waals surface area contributed by atoms with E-state index in [0.29, 0.717) is 31.9 Å². The number of carbonyl (C=O) groups excluding carboxylic acids is 1. The number of amides is 1. The van der Waals surface area contributed by atoms with E-state index in [2.05, 4.69) is 42.3 Å². The molecule has 158 valence electrons. The molecule has 2 aromatic carbocycles. The Morgan fingerprint density at radius 1 is 1.14 bits per heavy atom. The number of rotatable bonds is 10. The largest absolute Gasteiger partial charge is 0.491 e. The van der Waals surface area contributed by atoms with E-state index < -0.39 is 5.91 Å². The molecule has 0 saturated carbocycles. The monoisotopic (exact) mass is 547 g/mol. The van der Waals surface area contributed by atoms with E-state index in [1.165, 1.54) is 0 Å². The Labute approximate surface area is 193 Å². The number of hydrogen-bond donors (Lipinski definition) is 3. The summed E-state index contributed by atoms with van der Waals surface area (Å²) in [7, 11) is 0. The molecule has 0 aliphatic carbocycles. The van der Waals surface area contributed by atoms with Gasteiger partial charge in [0.1, 0.15) is 11.5 Å². The van der Waals surface area contributed by atoms with Gasteiger partial charge in [0.2, 0.25) is 0 Å². The highest BCUT2D eigenvalue weighted by Gasteiger charge is 2.16. The first-order chi connectivity index (χ1) is 13.5. The van der Waals surface area contributed by atoms with E-state index in [1.807, 2.05) is 42.5 Å². The lowest BCUT2D eigenvalue weighted by molar-refractivity contribution is -0.115. The predicted molar refractivity (Wildman–Crippen MR) is 124 cm³/mol. The fourth-order valence-electron chi connectivity index (χ4n) is 2.53. The number of ether oxygens (including phenoxy) is 1. The second-order valence-corrected chi connectivity index (χ2v) is 7.80. The van der Waals surface area contributed by atoms with Crippen molar-refractivity contribution in [1.82, 2.24) is 5.32 Å². The summed E-state index contributed by atoms with van der Waals surface area (Å²) in [5.74, 6) is 0.279. The quantitative estimate of drug-likeness (QED) is 0.180. The van der Waals surface area contributed by atoms with E-state index in [9.17, 15) is 10.0 Å². The summed E-state index contributed by atoms with van der Waals surface area (Å²) in [6, 6.07) is 13.5. The number of nitrogens with zero attached hydrogens (tertiary/aromatic N) is 1. The van der Waals surface area contributed by atoms with Gasteiger partial charge >= 0.3 is 0 Å². The normalized spacial score (nSPS) is 10.9. The number of halogens is 3. The first-order valence-electron chi connectivity index (χ1n) is 8.89. The van der Waals surface area contributed by atoms with Crippen molar-refractivity contribution in [2.45, 2.75) is 19.3 Å². The van der Waals surface area contributed by atoms with Crippen molar-refractivity contribution in [3.63, 3.8) is 0 Å². The summed E-state index contributed by atoms with van der Waals surface area (Å²) >= 11 is 6.96. The molecule has 0 aliphatic rings. The lowest BCUT2D eigenvalue weighted by Gasteiger charge is -2.12. The second-order valence-electron chi connectivity index (χ2n) is 6.09. The zero-order valence-electron chi connectivity index (χ0n) is 15.7. The molecule has 1 amide bonds. The van der Waals surface area contributed by atoms with Crippen LogP contribution in [-0.2, 0) is 17.6 Å². The van der Waals surface area contributed by atoms with Crippen LogP contribution >= 0.6 is 44.3 Å². The summed E-state index contributed by atoms with van der Waals surface area (Å²) in [6.45, 7) is 1.53. The van der Waals surface area contributed by atoms with Gasteiger partial charge in [0.05, 0.1) is 15.6 Å². The molecule has 0 unspecified atom stereocenters. The molecule has 9 heteroatoms. The molecule has 0 spiro atoms. The fourth-order valence-corrected chi connectivity index (χ4v) is 4.04. The van der Waals surface area contributed by atoms with Crippen molar-refractivity contribution < 1.29 is 14.7 Å². The van der Waals surface area contributed by atoms with Crippen LogP contribution in [0.3, 0.4) is 0 Å². The minimum Gasteiger partial charge on any atom is -0.491 e. The van der Waals surface area contributed by atoms with Crippen LogP contribution in [0.1, 0.15) is 17.5 Å². The predicted octanol–water partition coefficient (Wildman–Crippen LogP) is 4.09. The van der Waals surface area contributed by atoms with Crippen LogP contribution in [0.2, 0.25) is 0 Å². The molecule has 2 rings (SSSR count). The van der Waals surface area contributed by atoms with Gasteiger partial charge in [-0.2, -0.15) is 0 Å². The van der Waals surface area contributed by atoms with Crippen LogP contribution in [0.25, 0.3) is 0 Å². The first kappa shape index (κ1) is 25.4. The molecule has 0 aromatic heterocycles. The molecule has 0 saturated heterocycles. The molecule has 6 nitrogen and oxygen atoms in total. The van der Waals surface area contributed by atoms with Crippen molar-refractivity contribution in [3.05, 3.63) is 62.5 Å². The highest BCUT2D eigenvalue weighted by Crippen LogP contribution is 2.35. The van der Waals surface area contributed by atoms with Crippen LogP contribution in [0.15, 0.2) is 56.6 Å². The van der Waals surface area contributed by atoms with Crippen LogP contribution in [-0.4, -0.2) is 36.5 Å². The highest BCUT2D eigenvalue weighted by molar-refractivity contribution is 9.11. The van der Waals surface area contributed by atoms with Crippen LogP contribution in [0, 0.1) is 0 Å². The van der Waals surface area contributed by atoms with E-state index >= 15 is 0 Å². The maximum Gasteiger partial charge on any atom is 0.269 e. The van der Waals surface area contributed by atoms with Crippen molar-refractivity contribution in [3.8, 4) is 5.75 Å². The highest BCUT2D eigenvalue weighted by atomic mass is 79.9. The molecule has 0 radical (unpaired) electrons. The van der Waals surface area contributed by atoms with Crippen LogP contribution in [0.5, 0.6) is 5.75 Å². The average Bonchev–Trinajstić information content (AvgIpc) is 2.69. The van der Waals surface area contributed by atoms with Gasteiger partial charge in [0.25, 0.3) is 5.91 Å². The second kappa shape index (κ2) is 13.6. The Morgan fingerprint density at radius 3 is 2.38 bits per heavy atom. The standard InChI is InChI=1S/C20H23Br2N3O3.ClH/c21-16-11-15(12-17(22)19(16)28-10-4-8-23)13-18(25-27)20(26)24-9-7-14-5-2-1-3-6-14;/h1-3,5-6,11-12,27H,4,7-10,13,23H2,(H,24,26);1H/b25-18+;. The first-order valence-corrected chi connectivity index (χ1v) is 10.5. The molecule has 29 heavy (non-hydrogen) atoms. The molecule has 0 bridgehead atoms. The van der Waals surface area contributed by atoms with Crippen LogP contribution < -0.4 is 15.8 Å². The summed E-state index contributed by atoms with van der Waals surface area (Å²) in [4.78, 5) is 12.3. The number of nitrogens with two attached hydrogens (primary N) is 1. The number of carbonyl (C=O) groups is 1. The van der Waals surface area contributed by atoms with Gasteiger partial charge in [0.15, 0.2) is 0 Å². The third kappa shape index (κ3) is 8.34. The molecule has 0 heterocycles. The van der Waals surface area contributed by atoms with Crippen molar-refractivity contribution in [2.24, 2.45) is 10.9 Å². The maximum absolute atomic E-state index is 12.3. The summed E-state index contributed by atoms with van der Waals surface area (Å²) in [6.07, 6.45) is 1.65. The summed E-state index contributed by atoms with van der Waals surface area (Å²) < 4.78 is 7.20. The van der Waals surface area contributed by atoms with E-state index in [-0.39, 0.29) is 24.5 Å². The van der Waals surface area contributed by atoms with Gasteiger partial charge in [-0.15, -0.1) is 12.4 Å². The number of oxime groups is 1. The van der Waals surface area contributed by atoms with Crippen molar-refractivity contribution in [2.75, 3.05) is 19.7 Å². The Kier molecular flexibility index (Phi) is 11.9. The zero-order chi connectivity index (χ0) is 20.4. The van der Waals surface area contributed by atoms with E-state index in [1.54, 1.807) is 0 Å². The van der Waals surface area contributed by atoms with Gasteiger partial charge in [0, 0.05) is 13.0 Å². The van der Waals surface area contributed by atoms with Gasteiger partial charge in [-0.05, 0) is 74.5 Å². The minimum absolute atomic E-state index is 0. The molecule has 0 fully saturated rings. The minimum atomic E-state index is -0.394. The molecular weight excluding hydrogens is 525 g/mol. The smallest absolute Gasteiger partial charge is 0.269 e. The van der Waals surface area contributed by atoms with Gasteiger partial charge in [-0.1, -0.05) is 35.5 Å². The van der Waals surface area contributed by atoms with Crippen LogP contribution in [0.4, 0.5) is 0 Å². The fraction of sp³-hybridized carbons (Fsp3) is 0.300. The van der Waals surface area contributed by atoms with Gasteiger partial charge in [-0.3, -0.25) is 4.79 Å². The summed E-state index contributed by atoms with van der Waals surface area (Å²) in [5, 5.41) is 15.2. The topological polar surface area (TPSA) is 96.9 Å². The zero-order valence-corrected chi connectivity index (χ0v) is 19.7. The average molecular weight is 550 g/mol. The van der Waals surface area contributed by atoms with Crippen molar-refractivity contribution in [1.29, 1.82) is 0 Å². The SMILES string of the molecule is Cl.NCCCOc1c(Br)cc(C/C(=N\O)C(=O)NCCc2ccccc2)cc1Br. The van der Waals surface area contributed by atoms with E-state index in [4.69, 9.17) is 10.5 Å². The van der Waals surface area contributed by atoms with Crippen molar-refractivity contribution >= 4 is 55.9 Å². The molecule has 4 N–H and O–H groups in total. The molecule has 0 atom stereocenters. The third-order valence-electron chi connectivity index (χ3n) is 3.95. The molecule has 2 aromatic rings.